The Morgan fingerprint density at radius 3 is 1.56 bits per heavy atom. The van der Waals surface area contributed by atoms with Gasteiger partial charge in [-0.3, -0.25) is 0 Å². The lowest BCUT2D eigenvalue weighted by Gasteiger charge is -2.09. The second-order valence-corrected chi connectivity index (χ2v) is 2.65. The van der Waals surface area contributed by atoms with Gasteiger partial charge in [0.25, 0.3) is 0 Å². The zero-order valence-corrected chi connectivity index (χ0v) is 9.68. The van der Waals surface area contributed by atoms with Crippen LogP contribution in [0.5, 0.6) is 0 Å². The van der Waals surface area contributed by atoms with Crippen molar-refractivity contribution in [3.8, 4) is 0 Å². The van der Waals surface area contributed by atoms with Gasteiger partial charge in [-0.1, -0.05) is 12.2 Å². The molecule has 1 aliphatic rings. The van der Waals surface area contributed by atoms with Crippen molar-refractivity contribution < 1.29 is 23.7 Å². The summed E-state index contributed by atoms with van der Waals surface area (Å²) < 4.78 is 18.7. The van der Waals surface area contributed by atoms with E-state index in [1.807, 2.05) is 0 Å². The summed E-state index contributed by atoms with van der Waals surface area (Å²) in [6.45, 7) is 6.59. The molecule has 16 heavy (non-hydrogen) atoms. The quantitative estimate of drug-likeness (QED) is 0.538. The first-order valence-electron chi connectivity index (χ1n) is 5.06. The largest absolute Gasteiger partial charge is 0.518 e. The van der Waals surface area contributed by atoms with Crippen LogP contribution in [0, 0.1) is 0 Å². The molecule has 5 nitrogen and oxygen atoms in total. The smallest absolute Gasteiger partial charge is 0.403 e. The van der Waals surface area contributed by atoms with E-state index in [0.717, 1.165) is 26.4 Å². The molecule has 1 rings (SSSR count). The highest BCUT2D eigenvalue weighted by Crippen LogP contribution is 1.87. The predicted octanol–water partition coefficient (Wildman–Crippen LogP) is 2.24. The SMILES string of the molecule is C1COCCO1.CC=COC(=O)OC=CC. The van der Waals surface area contributed by atoms with Crippen molar-refractivity contribution in [2.45, 2.75) is 13.8 Å². The summed E-state index contributed by atoms with van der Waals surface area (Å²) in [7, 11) is 0. The van der Waals surface area contributed by atoms with E-state index in [1.54, 1.807) is 26.0 Å². The molecule has 0 saturated carbocycles. The lowest BCUT2D eigenvalue weighted by atomic mass is 10.6. The van der Waals surface area contributed by atoms with Gasteiger partial charge in [0.15, 0.2) is 0 Å². The summed E-state index contributed by atoms with van der Waals surface area (Å²) in [5, 5.41) is 0. The van der Waals surface area contributed by atoms with Crippen LogP contribution in [0.4, 0.5) is 4.79 Å². The molecule has 0 aromatic rings. The van der Waals surface area contributed by atoms with Gasteiger partial charge in [0.1, 0.15) is 0 Å². The number of hydrogen-bond acceptors (Lipinski definition) is 5. The average molecular weight is 230 g/mol. The number of carbonyl (C=O) groups is 1. The molecule has 1 fully saturated rings. The van der Waals surface area contributed by atoms with Gasteiger partial charge in [0, 0.05) is 0 Å². The number of rotatable bonds is 2. The van der Waals surface area contributed by atoms with Crippen LogP contribution in [-0.4, -0.2) is 32.6 Å². The first kappa shape index (κ1) is 14.7. The van der Waals surface area contributed by atoms with Gasteiger partial charge >= 0.3 is 6.16 Å². The maximum absolute atomic E-state index is 10.4. The fourth-order valence-electron chi connectivity index (χ4n) is 0.715. The summed E-state index contributed by atoms with van der Waals surface area (Å²) >= 11 is 0. The Morgan fingerprint density at radius 2 is 1.31 bits per heavy atom. The Morgan fingerprint density at radius 1 is 0.938 bits per heavy atom. The molecule has 1 heterocycles. The molecule has 0 unspecified atom stereocenters. The van der Waals surface area contributed by atoms with E-state index < -0.39 is 6.16 Å². The molecule has 0 bridgehead atoms. The van der Waals surface area contributed by atoms with Gasteiger partial charge in [-0.15, -0.1) is 0 Å². The van der Waals surface area contributed by atoms with Crippen LogP contribution in [0.15, 0.2) is 24.7 Å². The fourth-order valence-corrected chi connectivity index (χ4v) is 0.715. The molecule has 0 radical (unpaired) electrons. The second kappa shape index (κ2) is 11.7. The van der Waals surface area contributed by atoms with E-state index >= 15 is 0 Å². The normalized spacial score (nSPS) is 15.6. The van der Waals surface area contributed by atoms with Crippen molar-refractivity contribution in [3.63, 3.8) is 0 Å². The van der Waals surface area contributed by atoms with E-state index in [1.165, 1.54) is 12.5 Å². The summed E-state index contributed by atoms with van der Waals surface area (Å²) in [4.78, 5) is 10.4. The van der Waals surface area contributed by atoms with Gasteiger partial charge in [0.2, 0.25) is 0 Å². The van der Waals surface area contributed by atoms with Crippen LogP contribution in [0.25, 0.3) is 0 Å². The van der Waals surface area contributed by atoms with E-state index in [0.29, 0.717) is 0 Å². The molecule has 0 amide bonds. The third-order valence-corrected chi connectivity index (χ3v) is 1.34. The summed E-state index contributed by atoms with van der Waals surface area (Å²) in [5.41, 5.74) is 0. The molecule has 5 heteroatoms. The number of hydrogen-bond donors (Lipinski definition) is 0. The Labute approximate surface area is 95.6 Å². The summed E-state index contributed by atoms with van der Waals surface area (Å²) in [6.07, 6.45) is 4.97. The molecule has 0 aromatic carbocycles. The molecule has 0 atom stereocenters. The Kier molecular flexibility index (Phi) is 10.8. The molecular formula is C11H18O5. The van der Waals surface area contributed by atoms with Gasteiger partial charge in [0.05, 0.1) is 39.0 Å². The van der Waals surface area contributed by atoms with Crippen LogP contribution < -0.4 is 0 Å². The highest BCUT2D eigenvalue weighted by Gasteiger charge is 1.95. The van der Waals surface area contributed by atoms with Crippen molar-refractivity contribution in [1.29, 1.82) is 0 Å². The molecule has 92 valence electrons. The topological polar surface area (TPSA) is 54.0 Å². The van der Waals surface area contributed by atoms with E-state index in [2.05, 4.69) is 9.47 Å². The minimum Gasteiger partial charge on any atom is -0.403 e. The number of ether oxygens (including phenoxy) is 4. The molecule has 1 saturated heterocycles. The third-order valence-electron chi connectivity index (χ3n) is 1.34. The van der Waals surface area contributed by atoms with E-state index in [9.17, 15) is 4.79 Å². The Balaban J connectivity index is 0.000000315. The maximum Gasteiger partial charge on any atom is 0.518 e. The minimum absolute atomic E-state index is 0.726. The maximum atomic E-state index is 10.4. The van der Waals surface area contributed by atoms with Gasteiger partial charge in [-0.25, -0.2) is 4.79 Å². The Hall–Kier alpha value is -1.33. The molecule has 0 aliphatic carbocycles. The van der Waals surface area contributed by atoms with Crippen molar-refractivity contribution >= 4 is 6.16 Å². The lowest BCUT2D eigenvalue weighted by Crippen LogP contribution is -2.16. The first-order valence-corrected chi connectivity index (χ1v) is 5.06. The standard InChI is InChI=1S/C7H10O3.C4H8O2/c1-3-5-9-7(8)10-6-4-2;1-2-6-4-3-5-1/h3-6H,1-2H3;1-4H2. The average Bonchev–Trinajstić information content (AvgIpc) is 2.36. The molecule has 0 spiro atoms. The molecular weight excluding hydrogens is 212 g/mol. The van der Waals surface area contributed by atoms with Crippen LogP contribution in [0.2, 0.25) is 0 Å². The fraction of sp³-hybridized carbons (Fsp3) is 0.545. The minimum atomic E-state index is -0.726. The van der Waals surface area contributed by atoms with E-state index in [-0.39, 0.29) is 0 Å². The Bertz CT molecular complexity index is 191. The molecule has 0 aromatic heterocycles. The highest BCUT2D eigenvalue weighted by molar-refractivity contribution is 5.61. The van der Waals surface area contributed by atoms with Crippen molar-refractivity contribution in [2.75, 3.05) is 26.4 Å². The lowest BCUT2D eigenvalue weighted by molar-refractivity contribution is -0.0334. The zero-order valence-electron chi connectivity index (χ0n) is 9.68. The van der Waals surface area contributed by atoms with E-state index in [4.69, 9.17) is 9.47 Å². The monoisotopic (exact) mass is 230 g/mol. The predicted molar refractivity (Wildman–Crippen MR) is 58.8 cm³/mol. The van der Waals surface area contributed by atoms with Crippen LogP contribution in [-0.2, 0) is 18.9 Å². The van der Waals surface area contributed by atoms with Gasteiger partial charge < -0.3 is 18.9 Å². The van der Waals surface area contributed by atoms with Gasteiger partial charge in [-0.2, -0.15) is 0 Å². The van der Waals surface area contributed by atoms with Crippen LogP contribution >= 0.6 is 0 Å². The molecule has 0 N–H and O–H groups in total. The number of allylic oxidation sites excluding steroid dienone is 2. The first-order chi connectivity index (χ1) is 7.81. The van der Waals surface area contributed by atoms with Crippen molar-refractivity contribution in [3.05, 3.63) is 24.7 Å². The third kappa shape index (κ3) is 10.7. The van der Waals surface area contributed by atoms with Crippen molar-refractivity contribution in [2.24, 2.45) is 0 Å². The summed E-state index contributed by atoms with van der Waals surface area (Å²) in [5.74, 6) is 0. The van der Waals surface area contributed by atoms with Crippen LogP contribution in [0.3, 0.4) is 0 Å². The second-order valence-electron chi connectivity index (χ2n) is 2.65. The molecule has 1 aliphatic heterocycles. The number of carbonyl (C=O) groups excluding carboxylic acids is 1. The zero-order chi connectivity index (χ0) is 12.1. The highest BCUT2D eigenvalue weighted by atomic mass is 16.7. The van der Waals surface area contributed by atoms with Crippen molar-refractivity contribution in [1.82, 2.24) is 0 Å². The van der Waals surface area contributed by atoms with Crippen LogP contribution in [0.1, 0.15) is 13.8 Å². The summed E-state index contributed by atoms with van der Waals surface area (Å²) in [6, 6.07) is 0. The van der Waals surface area contributed by atoms with Gasteiger partial charge in [-0.05, 0) is 13.8 Å².